The topological polar surface area (TPSA) is 89.3 Å². The van der Waals surface area contributed by atoms with Gasteiger partial charge in [0.05, 0.1) is 6.04 Å². The van der Waals surface area contributed by atoms with Gasteiger partial charge in [-0.1, -0.05) is 18.2 Å². The maximum Gasteiger partial charge on any atom is 0.319 e. The molecule has 4 N–H and O–H groups in total. The first-order valence-electron chi connectivity index (χ1n) is 11.0. The summed E-state index contributed by atoms with van der Waals surface area (Å²) in [5.41, 5.74) is 5.56. The molecule has 2 aliphatic heterocycles. The van der Waals surface area contributed by atoms with Gasteiger partial charge in [0.25, 0.3) is 5.91 Å². The highest BCUT2D eigenvalue weighted by Gasteiger charge is 2.34. The summed E-state index contributed by atoms with van der Waals surface area (Å²) >= 11 is 0. The zero-order valence-corrected chi connectivity index (χ0v) is 17.6. The largest absolute Gasteiger partial charge is 0.357 e. The predicted molar refractivity (Wildman–Crippen MR) is 121 cm³/mol. The summed E-state index contributed by atoms with van der Waals surface area (Å²) in [6.45, 7) is 5.46. The third kappa shape index (κ3) is 3.65. The van der Waals surface area contributed by atoms with E-state index in [1.807, 2.05) is 25.1 Å². The number of hydrogen-bond donors (Lipinski definition) is 4. The van der Waals surface area contributed by atoms with Crippen LogP contribution in [0.2, 0.25) is 0 Å². The highest BCUT2D eigenvalue weighted by molar-refractivity contribution is 6.02. The van der Waals surface area contributed by atoms with Crippen LogP contribution >= 0.6 is 0 Å². The lowest BCUT2D eigenvalue weighted by atomic mass is 9.95. The number of fused-ring (bicyclic) bond motifs is 2. The molecule has 7 heteroatoms. The number of hydrogen-bond acceptors (Lipinski definition) is 3. The number of aromatic nitrogens is 1. The number of amides is 3. The van der Waals surface area contributed by atoms with Crippen molar-refractivity contribution in [2.45, 2.75) is 32.4 Å². The first-order chi connectivity index (χ1) is 15.1. The number of aromatic amines is 1. The van der Waals surface area contributed by atoms with Gasteiger partial charge in [0.2, 0.25) is 0 Å². The van der Waals surface area contributed by atoms with Crippen molar-refractivity contribution in [3.63, 3.8) is 0 Å². The van der Waals surface area contributed by atoms with Crippen LogP contribution in [0.5, 0.6) is 0 Å². The van der Waals surface area contributed by atoms with Crippen LogP contribution in [0.15, 0.2) is 42.5 Å². The number of likely N-dealkylation sites (tertiary alicyclic amines) is 1. The molecule has 0 saturated carbocycles. The van der Waals surface area contributed by atoms with Gasteiger partial charge in [0, 0.05) is 46.5 Å². The number of rotatable bonds is 5. The van der Waals surface area contributed by atoms with Crippen molar-refractivity contribution in [1.82, 2.24) is 20.5 Å². The average molecular weight is 418 g/mol. The van der Waals surface area contributed by atoms with E-state index in [4.69, 9.17) is 0 Å². The number of benzene rings is 2. The number of urea groups is 1. The Hall–Kier alpha value is -3.32. The summed E-state index contributed by atoms with van der Waals surface area (Å²) in [6, 6.07) is 13.2. The van der Waals surface area contributed by atoms with Crippen molar-refractivity contribution >= 4 is 28.5 Å². The normalized spacial score (nSPS) is 18.2. The lowest BCUT2D eigenvalue weighted by Crippen LogP contribution is -2.28. The first-order valence-corrected chi connectivity index (χ1v) is 11.0. The molecule has 2 aliphatic rings. The molecule has 0 spiro atoms. The fourth-order valence-corrected chi connectivity index (χ4v) is 4.77. The second kappa shape index (κ2) is 8.07. The predicted octanol–water partition coefficient (Wildman–Crippen LogP) is 3.74. The van der Waals surface area contributed by atoms with E-state index < -0.39 is 0 Å². The Balaban J connectivity index is 1.56. The molecule has 5 rings (SSSR count). The van der Waals surface area contributed by atoms with E-state index in [1.165, 1.54) is 12.8 Å². The molecular formula is C24H27N5O2. The molecule has 1 atom stereocenters. The molecule has 1 saturated heterocycles. The van der Waals surface area contributed by atoms with Gasteiger partial charge in [-0.05, 0) is 62.7 Å². The van der Waals surface area contributed by atoms with E-state index in [-0.39, 0.29) is 18.0 Å². The quantitative estimate of drug-likeness (QED) is 0.510. The minimum atomic E-state index is -0.257. The highest BCUT2D eigenvalue weighted by Crippen LogP contribution is 2.38. The summed E-state index contributed by atoms with van der Waals surface area (Å²) < 4.78 is 0. The smallest absolute Gasteiger partial charge is 0.319 e. The zero-order chi connectivity index (χ0) is 21.4. The molecule has 0 unspecified atom stereocenters. The van der Waals surface area contributed by atoms with Crippen LogP contribution in [0.1, 0.15) is 53.0 Å². The maximum absolute atomic E-state index is 12.8. The molecule has 1 fully saturated rings. The standard InChI is InChI=1S/C24H27N5O2/c1-2-25-24(31)26-15-9-10-16-18(13-15)22(28-23(16)30)21-17-7-3-4-8-19(17)27-20(21)14-29-11-5-6-12-29/h3-4,7-10,13,22,27H,2,5-6,11-12,14H2,1H3,(H,28,30)(H2,25,26,31)/t22-/m0/s1. The Kier molecular flexibility index (Phi) is 5.11. The molecule has 0 bridgehead atoms. The van der Waals surface area contributed by atoms with Crippen LogP contribution in [-0.4, -0.2) is 41.5 Å². The first kappa shape index (κ1) is 19.6. The van der Waals surface area contributed by atoms with Crippen LogP contribution in [0, 0.1) is 0 Å². The fourth-order valence-electron chi connectivity index (χ4n) is 4.77. The molecule has 0 radical (unpaired) electrons. The van der Waals surface area contributed by atoms with Gasteiger partial charge in [0.1, 0.15) is 0 Å². The van der Waals surface area contributed by atoms with E-state index in [9.17, 15) is 9.59 Å². The summed E-state index contributed by atoms with van der Waals surface area (Å²) in [6.07, 6.45) is 2.46. The number of nitrogens with zero attached hydrogens (tertiary/aromatic N) is 1. The minimum absolute atomic E-state index is 0.0815. The minimum Gasteiger partial charge on any atom is -0.357 e. The number of H-pyrrole nitrogens is 1. The summed E-state index contributed by atoms with van der Waals surface area (Å²) in [5, 5.41) is 9.90. The molecule has 2 aromatic carbocycles. The van der Waals surface area contributed by atoms with E-state index in [2.05, 4.69) is 38.0 Å². The molecule has 160 valence electrons. The van der Waals surface area contributed by atoms with E-state index in [0.29, 0.717) is 17.8 Å². The Labute approximate surface area is 181 Å². The number of nitrogens with one attached hydrogen (secondary N) is 4. The third-order valence-corrected chi connectivity index (χ3v) is 6.17. The molecule has 3 heterocycles. The lowest BCUT2D eigenvalue weighted by molar-refractivity contribution is 0.0960. The zero-order valence-electron chi connectivity index (χ0n) is 17.6. The molecule has 0 aliphatic carbocycles. The van der Waals surface area contributed by atoms with Crippen molar-refractivity contribution in [2.75, 3.05) is 25.0 Å². The van der Waals surface area contributed by atoms with E-state index in [1.54, 1.807) is 12.1 Å². The Morgan fingerprint density at radius 3 is 2.77 bits per heavy atom. The molecule has 7 nitrogen and oxygen atoms in total. The number of carbonyl (C=O) groups excluding carboxylic acids is 2. The maximum atomic E-state index is 12.8. The van der Waals surface area contributed by atoms with Gasteiger partial charge in [-0.2, -0.15) is 0 Å². The van der Waals surface area contributed by atoms with Crippen LogP contribution in [-0.2, 0) is 6.54 Å². The van der Waals surface area contributed by atoms with Crippen molar-refractivity contribution in [3.8, 4) is 0 Å². The van der Waals surface area contributed by atoms with Crippen LogP contribution in [0.25, 0.3) is 10.9 Å². The summed E-state index contributed by atoms with van der Waals surface area (Å²) in [5.74, 6) is -0.0815. The number of para-hydroxylation sites is 1. The molecule has 3 aromatic rings. The fraction of sp³-hybridized carbons (Fsp3) is 0.333. The van der Waals surface area contributed by atoms with Crippen molar-refractivity contribution < 1.29 is 9.59 Å². The molecule has 31 heavy (non-hydrogen) atoms. The van der Waals surface area contributed by atoms with Crippen molar-refractivity contribution in [1.29, 1.82) is 0 Å². The van der Waals surface area contributed by atoms with Crippen molar-refractivity contribution in [3.05, 3.63) is 64.8 Å². The van der Waals surface area contributed by atoms with Gasteiger partial charge in [-0.25, -0.2) is 4.79 Å². The van der Waals surface area contributed by atoms with Gasteiger partial charge in [0.15, 0.2) is 0 Å². The molecular weight excluding hydrogens is 390 g/mol. The van der Waals surface area contributed by atoms with Gasteiger partial charge in [-0.15, -0.1) is 0 Å². The average Bonchev–Trinajstić information content (AvgIpc) is 3.46. The number of carbonyl (C=O) groups is 2. The van der Waals surface area contributed by atoms with E-state index >= 15 is 0 Å². The summed E-state index contributed by atoms with van der Waals surface area (Å²) in [7, 11) is 0. The second-order valence-corrected chi connectivity index (χ2v) is 8.24. The van der Waals surface area contributed by atoms with Gasteiger partial charge >= 0.3 is 6.03 Å². The molecule has 1 aromatic heterocycles. The van der Waals surface area contributed by atoms with Gasteiger partial charge < -0.3 is 20.9 Å². The third-order valence-electron chi connectivity index (χ3n) is 6.17. The molecule has 3 amide bonds. The highest BCUT2D eigenvalue weighted by atomic mass is 16.2. The van der Waals surface area contributed by atoms with E-state index in [0.717, 1.165) is 47.4 Å². The Morgan fingerprint density at radius 1 is 1.16 bits per heavy atom. The Morgan fingerprint density at radius 2 is 1.97 bits per heavy atom. The monoisotopic (exact) mass is 417 g/mol. The van der Waals surface area contributed by atoms with Crippen LogP contribution < -0.4 is 16.0 Å². The second-order valence-electron chi connectivity index (χ2n) is 8.24. The Bertz CT molecular complexity index is 1150. The van der Waals surface area contributed by atoms with Crippen LogP contribution in [0.4, 0.5) is 10.5 Å². The SMILES string of the molecule is CCNC(=O)Nc1ccc2c(c1)[C@@H](c1c(CN3CCCC3)[nH]c3ccccc13)NC2=O. The number of anilines is 1. The van der Waals surface area contributed by atoms with Crippen molar-refractivity contribution in [2.24, 2.45) is 0 Å². The summed E-state index contributed by atoms with van der Waals surface area (Å²) in [4.78, 5) is 30.8. The van der Waals surface area contributed by atoms with Crippen LogP contribution in [0.3, 0.4) is 0 Å². The van der Waals surface area contributed by atoms with Gasteiger partial charge in [-0.3, -0.25) is 9.69 Å². The lowest BCUT2D eigenvalue weighted by Gasteiger charge is -2.19.